The van der Waals surface area contributed by atoms with E-state index in [0.717, 1.165) is 12.8 Å². The minimum absolute atomic E-state index is 0.00477. The molecule has 0 aromatic carbocycles. The fourth-order valence-electron chi connectivity index (χ4n) is 1.71. The van der Waals surface area contributed by atoms with Gasteiger partial charge in [-0.25, -0.2) is 0 Å². The Bertz CT molecular complexity index is 154. The first kappa shape index (κ1) is 9.56. The van der Waals surface area contributed by atoms with Crippen molar-refractivity contribution in [2.75, 3.05) is 0 Å². The van der Waals surface area contributed by atoms with Crippen LogP contribution in [0.5, 0.6) is 0 Å². The number of hydrogen-bond acceptors (Lipinski definition) is 2. The molecular weight excluding hydrogens is 152 g/mol. The van der Waals surface area contributed by atoms with Crippen molar-refractivity contribution >= 4 is 5.97 Å². The molecule has 0 radical (unpaired) electrons. The van der Waals surface area contributed by atoms with Crippen LogP contribution in [0, 0.1) is 5.92 Å². The molecule has 0 spiro atoms. The van der Waals surface area contributed by atoms with Gasteiger partial charge in [0.25, 0.3) is 0 Å². The Hall–Kier alpha value is -0.530. The van der Waals surface area contributed by atoms with Crippen LogP contribution in [0.2, 0.25) is 0 Å². The van der Waals surface area contributed by atoms with Gasteiger partial charge in [-0.2, -0.15) is 0 Å². The SMILES string of the molecule is CCCC[C@@H]1C[C@@H](C)CC(=O)O1. The highest BCUT2D eigenvalue weighted by molar-refractivity contribution is 5.70. The molecule has 1 aliphatic heterocycles. The molecule has 0 saturated carbocycles. The molecule has 1 fully saturated rings. The summed E-state index contributed by atoms with van der Waals surface area (Å²) in [7, 11) is 0. The molecule has 1 saturated heterocycles. The highest BCUT2D eigenvalue weighted by atomic mass is 16.5. The van der Waals surface area contributed by atoms with Gasteiger partial charge < -0.3 is 4.74 Å². The Balaban J connectivity index is 2.29. The number of hydrogen-bond donors (Lipinski definition) is 0. The van der Waals surface area contributed by atoms with Gasteiger partial charge in [0, 0.05) is 6.42 Å². The summed E-state index contributed by atoms with van der Waals surface area (Å²) in [5.41, 5.74) is 0. The Morgan fingerprint density at radius 3 is 2.92 bits per heavy atom. The van der Waals surface area contributed by atoms with E-state index in [0.29, 0.717) is 12.3 Å². The molecule has 2 nitrogen and oxygen atoms in total. The fourth-order valence-corrected chi connectivity index (χ4v) is 1.71. The lowest BCUT2D eigenvalue weighted by Crippen LogP contribution is -2.28. The second-order valence-corrected chi connectivity index (χ2v) is 3.80. The summed E-state index contributed by atoms with van der Waals surface area (Å²) in [5.74, 6) is 0.517. The van der Waals surface area contributed by atoms with Crippen LogP contribution in [0.3, 0.4) is 0 Å². The van der Waals surface area contributed by atoms with Crippen LogP contribution in [0.1, 0.15) is 46.0 Å². The number of carbonyl (C=O) groups is 1. The Morgan fingerprint density at radius 1 is 1.58 bits per heavy atom. The smallest absolute Gasteiger partial charge is 0.306 e. The molecule has 12 heavy (non-hydrogen) atoms. The lowest BCUT2D eigenvalue weighted by Gasteiger charge is -2.26. The van der Waals surface area contributed by atoms with Gasteiger partial charge in [-0.3, -0.25) is 4.79 Å². The van der Waals surface area contributed by atoms with E-state index in [1.165, 1.54) is 12.8 Å². The molecule has 2 heteroatoms. The molecule has 0 unspecified atom stereocenters. The summed E-state index contributed by atoms with van der Waals surface area (Å²) in [4.78, 5) is 11.0. The van der Waals surface area contributed by atoms with Crippen molar-refractivity contribution in [1.29, 1.82) is 0 Å². The van der Waals surface area contributed by atoms with Crippen LogP contribution < -0.4 is 0 Å². The van der Waals surface area contributed by atoms with Crippen LogP contribution in [0.15, 0.2) is 0 Å². The molecule has 1 aliphatic rings. The number of cyclic esters (lactones) is 1. The van der Waals surface area contributed by atoms with Crippen molar-refractivity contribution < 1.29 is 9.53 Å². The second-order valence-electron chi connectivity index (χ2n) is 3.80. The molecule has 1 heterocycles. The van der Waals surface area contributed by atoms with E-state index in [2.05, 4.69) is 13.8 Å². The summed E-state index contributed by atoms with van der Waals surface area (Å²) in [5, 5.41) is 0. The number of unbranched alkanes of at least 4 members (excludes halogenated alkanes) is 1. The number of ether oxygens (including phenoxy) is 1. The zero-order valence-electron chi connectivity index (χ0n) is 8.01. The van der Waals surface area contributed by atoms with E-state index in [1.54, 1.807) is 0 Å². The van der Waals surface area contributed by atoms with Gasteiger partial charge in [0.15, 0.2) is 0 Å². The largest absolute Gasteiger partial charge is 0.462 e. The molecule has 70 valence electrons. The van der Waals surface area contributed by atoms with E-state index < -0.39 is 0 Å². The number of esters is 1. The van der Waals surface area contributed by atoms with Crippen LogP contribution >= 0.6 is 0 Å². The van der Waals surface area contributed by atoms with Gasteiger partial charge in [0.05, 0.1) is 0 Å². The standard InChI is InChI=1S/C10H18O2/c1-3-4-5-9-6-8(2)7-10(11)12-9/h8-9H,3-7H2,1-2H3/t8-,9-/m1/s1. The van der Waals surface area contributed by atoms with Crippen molar-refractivity contribution in [2.45, 2.75) is 52.1 Å². The predicted molar refractivity (Wildman–Crippen MR) is 47.8 cm³/mol. The Kier molecular flexibility index (Phi) is 3.57. The monoisotopic (exact) mass is 170 g/mol. The van der Waals surface area contributed by atoms with Crippen molar-refractivity contribution in [3.63, 3.8) is 0 Å². The lowest BCUT2D eigenvalue weighted by atomic mass is 9.94. The number of carbonyl (C=O) groups excluding carboxylic acids is 1. The lowest BCUT2D eigenvalue weighted by molar-refractivity contribution is -0.156. The topological polar surface area (TPSA) is 26.3 Å². The minimum atomic E-state index is -0.00477. The van der Waals surface area contributed by atoms with Crippen molar-refractivity contribution in [1.82, 2.24) is 0 Å². The van der Waals surface area contributed by atoms with E-state index in [4.69, 9.17) is 4.74 Å². The zero-order valence-corrected chi connectivity index (χ0v) is 8.01. The third-order valence-corrected chi connectivity index (χ3v) is 2.36. The third-order valence-electron chi connectivity index (χ3n) is 2.36. The minimum Gasteiger partial charge on any atom is -0.462 e. The van der Waals surface area contributed by atoms with Crippen molar-refractivity contribution in [3.05, 3.63) is 0 Å². The van der Waals surface area contributed by atoms with Gasteiger partial charge >= 0.3 is 5.97 Å². The molecule has 0 aromatic rings. The summed E-state index contributed by atoms with van der Waals surface area (Å²) in [6, 6.07) is 0. The predicted octanol–water partition coefficient (Wildman–Crippen LogP) is 2.52. The molecule has 0 aliphatic carbocycles. The highest BCUT2D eigenvalue weighted by Gasteiger charge is 2.24. The molecule has 2 atom stereocenters. The first-order valence-electron chi connectivity index (χ1n) is 4.91. The van der Waals surface area contributed by atoms with Crippen LogP contribution in [0.25, 0.3) is 0 Å². The van der Waals surface area contributed by atoms with Gasteiger partial charge in [0.1, 0.15) is 6.10 Å². The van der Waals surface area contributed by atoms with E-state index in [9.17, 15) is 4.79 Å². The van der Waals surface area contributed by atoms with E-state index >= 15 is 0 Å². The van der Waals surface area contributed by atoms with Gasteiger partial charge in [0.2, 0.25) is 0 Å². The average Bonchev–Trinajstić information content (AvgIpc) is 1.99. The summed E-state index contributed by atoms with van der Waals surface area (Å²) < 4.78 is 5.22. The molecule has 0 N–H and O–H groups in total. The Morgan fingerprint density at radius 2 is 2.33 bits per heavy atom. The Labute approximate surface area is 74.3 Å². The zero-order chi connectivity index (χ0) is 8.97. The van der Waals surface area contributed by atoms with Crippen LogP contribution in [-0.2, 0) is 9.53 Å². The summed E-state index contributed by atoms with van der Waals surface area (Å²) >= 11 is 0. The first-order valence-corrected chi connectivity index (χ1v) is 4.91. The van der Waals surface area contributed by atoms with Crippen LogP contribution in [-0.4, -0.2) is 12.1 Å². The molecule has 0 amide bonds. The first-order chi connectivity index (χ1) is 5.72. The van der Waals surface area contributed by atoms with Gasteiger partial charge in [-0.05, 0) is 18.8 Å². The van der Waals surface area contributed by atoms with Crippen molar-refractivity contribution in [2.24, 2.45) is 5.92 Å². The molecule has 0 bridgehead atoms. The molecule has 0 aromatic heterocycles. The number of rotatable bonds is 3. The quantitative estimate of drug-likeness (QED) is 0.608. The maximum atomic E-state index is 11.0. The maximum Gasteiger partial charge on any atom is 0.306 e. The third kappa shape index (κ3) is 2.84. The average molecular weight is 170 g/mol. The molecule has 1 rings (SSSR count). The maximum absolute atomic E-state index is 11.0. The summed E-state index contributed by atoms with van der Waals surface area (Å²) in [6.07, 6.45) is 5.29. The van der Waals surface area contributed by atoms with Gasteiger partial charge in [-0.15, -0.1) is 0 Å². The second kappa shape index (κ2) is 4.48. The van der Waals surface area contributed by atoms with E-state index in [-0.39, 0.29) is 12.1 Å². The molecular formula is C10H18O2. The highest BCUT2D eigenvalue weighted by Crippen LogP contribution is 2.23. The van der Waals surface area contributed by atoms with Crippen LogP contribution in [0.4, 0.5) is 0 Å². The van der Waals surface area contributed by atoms with E-state index in [1.807, 2.05) is 0 Å². The van der Waals surface area contributed by atoms with Gasteiger partial charge in [-0.1, -0.05) is 26.7 Å². The van der Waals surface area contributed by atoms with Crippen molar-refractivity contribution in [3.8, 4) is 0 Å². The normalized spacial score (nSPS) is 30.0. The summed E-state index contributed by atoms with van der Waals surface area (Å²) in [6.45, 7) is 4.29. The fraction of sp³-hybridized carbons (Fsp3) is 0.900.